The summed E-state index contributed by atoms with van der Waals surface area (Å²) in [5.74, 6) is -1.48. The standard InChI is InChI=1S/C13H9BrFN3O3/c1-7-4-9(6-16-12(7)14)17-13(19)10-3-2-8(15)5-11(10)18(20)21/h2-6H,1H3,(H,17,19). The maximum Gasteiger partial charge on any atom is 0.285 e. The van der Waals surface area contributed by atoms with Gasteiger partial charge in [-0.15, -0.1) is 0 Å². The van der Waals surface area contributed by atoms with Crippen molar-refractivity contribution >= 4 is 33.2 Å². The number of benzene rings is 1. The molecule has 0 unspecified atom stereocenters. The van der Waals surface area contributed by atoms with E-state index in [-0.39, 0.29) is 5.56 Å². The summed E-state index contributed by atoms with van der Waals surface area (Å²) < 4.78 is 13.7. The van der Waals surface area contributed by atoms with Gasteiger partial charge in [0.1, 0.15) is 16.0 Å². The van der Waals surface area contributed by atoms with Crippen LogP contribution in [0.15, 0.2) is 35.1 Å². The van der Waals surface area contributed by atoms with Crippen molar-refractivity contribution in [1.29, 1.82) is 0 Å². The van der Waals surface area contributed by atoms with Gasteiger partial charge in [-0.05, 0) is 46.6 Å². The van der Waals surface area contributed by atoms with Crippen molar-refractivity contribution in [3.8, 4) is 0 Å². The number of nitrogens with one attached hydrogen (secondary N) is 1. The Hall–Kier alpha value is -2.35. The van der Waals surface area contributed by atoms with Crippen LogP contribution in [0.2, 0.25) is 0 Å². The van der Waals surface area contributed by atoms with Gasteiger partial charge < -0.3 is 5.32 Å². The number of nitro benzene ring substituents is 1. The second kappa shape index (κ2) is 5.96. The van der Waals surface area contributed by atoms with Gasteiger partial charge in [0, 0.05) is 0 Å². The number of anilines is 1. The first-order chi connectivity index (χ1) is 9.88. The first-order valence-corrected chi connectivity index (χ1v) is 6.55. The predicted molar refractivity (Wildman–Crippen MR) is 77.7 cm³/mol. The molecule has 1 heterocycles. The lowest BCUT2D eigenvalue weighted by Gasteiger charge is -2.07. The summed E-state index contributed by atoms with van der Waals surface area (Å²) in [6.07, 6.45) is 1.41. The molecule has 8 heteroatoms. The third kappa shape index (κ3) is 3.40. The zero-order chi connectivity index (χ0) is 15.6. The molecule has 0 radical (unpaired) electrons. The molecule has 1 N–H and O–H groups in total. The van der Waals surface area contributed by atoms with E-state index >= 15 is 0 Å². The van der Waals surface area contributed by atoms with Crippen molar-refractivity contribution in [2.75, 3.05) is 5.32 Å². The number of carbonyl (C=O) groups is 1. The molecule has 0 fully saturated rings. The molecule has 108 valence electrons. The lowest BCUT2D eigenvalue weighted by atomic mass is 10.1. The number of carbonyl (C=O) groups excluding carboxylic acids is 1. The topological polar surface area (TPSA) is 85.1 Å². The molecule has 0 saturated heterocycles. The molecule has 0 aliphatic heterocycles. The molecule has 6 nitrogen and oxygen atoms in total. The number of hydrogen-bond donors (Lipinski definition) is 1. The summed E-state index contributed by atoms with van der Waals surface area (Å²) in [4.78, 5) is 26.1. The summed E-state index contributed by atoms with van der Waals surface area (Å²) in [5.41, 5.74) is 0.372. The van der Waals surface area contributed by atoms with E-state index < -0.39 is 22.3 Å². The van der Waals surface area contributed by atoms with Crippen LogP contribution in [0.4, 0.5) is 15.8 Å². The van der Waals surface area contributed by atoms with Gasteiger partial charge in [-0.25, -0.2) is 9.37 Å². The molecule has 2 aromatic rings. The Morgan fingerprint density at radius 3 is 2.76 bits per heavy atom. The maximum atomic E-state index is 13.0. The van der Waals surface area contributed by atoms with Gasteiger partial charge in [-0.2, -0.15) is 0 Å². The van der Waals surface area contributed by atoms with Crippen molar-refractivity contribution in [3.05, 3.63) is 62.1 Å². The summed E-state index contributed by atoms with van der Waals surface area (Å²) >= 11 is 3.22. The van der Waals surface area contributed by atoms with Gasteiger partial charge >= 0.3 is 0 Å². The highest BCUT2D eigenvalue weighted by molar-refractivity contribution is 9.10. The second-order valence-corrected chi connectivity index (χ2v) is 4.96. The Morgan fingerprint density at radius 2 is 2.14 bits per heavy atom. The minimum absolute atomic E-state index is 0.220. The lowest BCUT2D eigenvalue weighted by molar-refractivity contribution is -0.385. The van der Waals surface area contributed by atoms with E-state index in [0.29, 0.717) is 16.4 Å². The largest absolute Gasteiger partial charge is 0.320 e. The van der Waals surface area contributed by atoms with Crippen molar-refractivity contribution in [2.24, 2.45) is 0 Å². The molecule has 2 rings (SSSR count). The summed E-state index contributed by atoms with van der Waals surface area (Å²) in [7, 11) is 0. The van der Waals surface area contributed by atoms with Crippen LogP contribution in [-0.4, -0.2) is 15.8 Å². The Kier molecular flexibility index (Phi) is 4.27. The molecule has 0 spiro atoms. The van der Waals surface area contributed by atoms with E-state index in [0.717, 1.165) is 17.7 Å². The average molecular weight is 354 g/mol. The first kappa shape index (κ1) is 15.0. The molecule has 0 aliphatic carbocycles. The zero-order valence-electron chi connectivity index (χ0n) is 10.8. The van der Waals surface area contributed by atoms with Gasteiger partial charge in [-0.3, -0.25) is 14.9 Å². The Bertz CT molecular complexity index is 737. The summed E-state index contributed by atoms with van der Waals surface area (Å²) in [6.45, 7) is 1.78. The van der Waals surface area contributed by atoms with Crippen molar-refractivity contribution in [2.45, 2.75) is 6.92 Å². The van der Waals surface area contributed by atoms with Gasteiger partial charge in [0.2, 0.25) is 0 Å². The van der Waals surface area contributed by atoms with E-state index in [2.05, 4.69) is 26.2 Å². The number of hydrogen-bond acceptors (Lipinski definition) is 4. The number of aryl methyl sites for hydroxylation is 1. The SMILES string of the molecule is Cc1cc(NC(=O)c2ccc(F)cc2[N+](=O)[O-])cnc1Br. The first-order valence-electron chi connectivity index (χ1n) is 5.76. The summed E-state index contributed by atoms with van der Waals surface area (Å²) in [6, 6.07) is 4.43. The van der Waals surface area contributed by atoms with Crippen molar-refractivity contribution in [1.82, 2.24) is 4.98 Å². The maximum absolute atomic E-state index is 13.0. The fraction of sp³-hybridized carbons (Fsp3) is 0.0769. The van der Waals surface area contributed by atoms with Crippen LogP contribution in [0.1, 0.15) is 15.9 Å². The van der Waals surface area contributed by atoms with Crippen LogP contribution in [-0.2, 0) is 0 Å². The number of halogens is 2. The van der Waals surface area contributed by atoms with Crippen LogP contribution in [0, 0.1) is 22.9 Å². The molecule has 0 saturated carbocycles. The number of nitrogens with zero attached hydrogens (tertiary/aromatic N) is 2. The van der Waals surface area contributed by atoms with E-state index in [1.165, 1.54) is 6.20 Å². The summed E-state index contributed by atoms with van der Waals surface area (Å²) in [5, 5.41) is 13.4. The molecule has 0 aliphatic rings. The van der Waals surface area contributed by atoms with E-state index in [9.17, 15) is 19.3 Å². The molecule has 0 bridgehead atoms. The molecule has 0 atom stereocenters. The van der Waals surface area contributed by atoms with E-state index in [1.807, 2.05) is 0 Å². The Morgan fingerprint density at radius 1 is 1.43 bits per heavy atom. The molecule has 1 amide bonds. The molecular weight excluding hydrogens is 345 g/mol. The number of nitro groups is 1. The second-order valence-electron chi connectivity index (χ2n) is 4.20. The monoisotopic (exact) mass is 353 g/mol. The quantitative estimate of drug-likeness (QED) is 0.520. The van der Waals surface area contributed by atoms with Gasteiger partial charge in [0.15, 0.2) is 0 Å². The van der Waals surface area contributed by atoms with Crippen LogP contribution >= 0.6 is 15.9 Å². The van der Waals surface area contributed by atoms with Crippen molar-refractivity contribution < 1.29 is 14.1 Å². The van der Waals surface area contributed by atoms with Crippen LogP contribution in [0.3, 0.4) is 0 Å². The number of pyridine rings is 1. The van der Waals surface area contributed by atoms with Gasteiger partial charge in [0.05, 0.1) is 22.9 Å². The Labute approximate surface area is 127 Å². The highest BCUT2D eigenvalue weighted by atomic mass is 79.9. The minimum Gasteiger partial charge on any atom is -0.320 e. The number of aromatic nitrogens is 1. The number of amides is 1. The van der Waals surface area contributed by atoms with Gasteiger partial charge in [-0.1, -0.05) is 0 Å². The molecule has 21 heavy (non-hydrogen) atoms. The third-order valence-electron chi connectivity index (χ3n) is 2.67. The molecule has 1 aromatic carbocycles. The minimum atomic E-state index is -0.803. The fourth-order valence-corrected chi connectivity index (χ4v) is 1.89. The molecule has 1 aromatic heterocycles. The molecular formula is C13H9BrFN3O3. The predicted octanol–water partition coefficient (Wildman–Crippen LogP) is 3.45. The van der Waals surface area contributed by atoms with E-state index in [1.54, 1.807) is 13.0 Å². The van der Waals surface area contributed by atoms with E-state index in [4.69, 9.17) is 0 Å². The smallest absolute Gasteiger partial charge is 0.285 e. The highest BCUT2D eigenvalue weighted by Gasteiger charge is 2.21. The third-order valence-corrected chi connectivity index (χ3v) is 3.50. The van der Waals surface area contributed by atoms with Crippen LogP contribution < -0.4 is 5.32 Å². The van der Waals surface area contributed by atoms with Crippen molar-refractivity contribution in [3.63, 3.8) is 0 Å². The Balaban J connectivity index is 2.32. The van der Waals surface area contributed by atoms with Gasteiger partial charge in [0.25, 0.3) is 11.6 Å². The van der Waals surface area contributed by atoms with Crippen LogP contribution in [0.25, 0.3) is 0 Å². The fourth-order valence-electron chi connectivity index (χ4n) is 1.67. The zero-order valence-corrected chi connectivity index (χ0v) is 12.3. The normalized spacial score (nSPS) is 10.2. The highest BCUT2D eigenvalue weighted by Crippen LogP contribution is 2.22. The van der Waals surface area contributed by atoms with Crippen LogP contribution in [0.5, 0.6) is 0 Å². The number of rotatable bonds is 3. The lowest BCUT2D eigenvalue weighted by Crippen LogP contribution is -2.14. The average Bonchev–Trinajstić information content (AvgIpc) is 2.42.